The Labute approximate surface area is 239 Å². The lowest BCUT2D eigenvalue weighted by atomic mass is 9.73. The first kappa shape index (κ1) is 30.4. The van der Waals surface area contributed by atoms with Gasteiger partial charge in [-0.25, -0.2) is 4.79 Å². The Hall–Kier alpha value is -2.61. The number of carboxylic acid groups (broad SMARTS) is 1. The van der Waals surface area contributed by atoms with E-state index in [1.807, 2.05) is 17.0 Å². The van der Waals surface area contributed by atoms with E-state index in [4.69, 9.17) is 14.6 Å². The van der Waals surface area contributed by atoms with Crippen molar-refractivity contribution in [2.24, 2.45) is 17.8 Å². The summed E-state index contributed by atoms with van der Waals surface area (Å²) in [5.74, 6) is 1.38. The summed E-state index contributed by atoms with van der Waals surface area (Å²) < 4.78 is 11.6. The van der Waals surface area contributed by atoms with Gasteiger partial charge in [0.25, 0.3) is 0 Å². The number of carbonyl (C=O) groups is 3. The van der Waals surface area contributed by atoms with Crippen molar-refractivity contribution >= 4 is 17.8 Å². The second kappa shape index (κ2) is 14.9. The predicted molar refractivity (Wildman–Crippen MR) is 153 cm³/mol. The molecule has 1 saturated heterocycles. The van der Waals surface area contributed by atoms with E-state index in [1.54, 1.807) is 0 Å². The molecule has 40 heavy (non-hydrogen) atoms. The molecule has 222 valence electrons. The average molecular weight is 557 g/mol. The number of likely N-dealkylation sites (N-methyl/N-ethyl adjacent to an activating group) is 1. The number of hydrogen-bond donors (Lipinski definition) is 1. The maximum absolute atomic E-state index is 12.8. The summed E-state index contributed by atoms with van der Waals surface area (Å²) >= 11 is 0. The molecule has 1 saturated carbocycles. The second-order valence-electron chi connectivity index (χ2n) is 12.1. The van der Waals surface area contributed by atoms with Crippen molar-refractivity contribution in [3.8, 4) is 5.75 Å². The van der Waals surface area contributed by atoms with Crippen LogP contribution in [0.1, 0.15) is 82.3 Å². The van der Waals surface area contributed by atoms with Gasteiger partial charge in [-0.15, -0.1) is 0 Å². The number of rotatable bonds is 14. The molecule has 2 fully saturated rings. The van der Waals surface area contributed by atoms with Gasteiger partial charge in [-0.1, -0.05) is 31.9 Å². The van der Waals surface area contributed by atoms with Crippen LogP contribution in [-0.4, -0.2) is 78.7 Å². The summed E-state index contributed by atoms with van der Waals surface area (Å²) in [5.41, 5.74) is 2.47. The van der Waals surface area contributed by atoms with Gasteiger partial charge in [-0.05, 0) is 93.4 Å². The smallest absolute Gasteiger partial charge is 0.341 e. The van der Waals surface area contributed by atoms with E-state index in [2.05, 4.69) is 24.9 Å². The molecule has 3 aliphatic rings. The molecule has 0 unspecified atom stereocenters. The quantitative estimate of drug-likeness (QED) is 0.262. The lowest BCUT2D eigenvalue weighted by Crippen LogP contribution is -2.47. The fourth-order valence-electron chi connectivity index (χ4n) is 6.96. The SMILES string of the molecule is CCCCC[C@@H](CC[C@H]1CC[C@@H]2Cc3c(cccc3OCC(=O)O)C[C@H]12)OC(=O)CCC(=O)N1CCN(C)CC1. The van der Waals surface area contributed by atoms with Crippen molar-refractivity contribution in [2.75, 3.05) is 39.8 Å². The monoisotopic (exact) mass is 556 g/mol. The third-order valence-electron chi connectivity index (χ3n) is 9.31. The van der Waals surface area contributed by atoms with Gasteiger partial charge in [0.2, 0.25) is 5.91 Å². The van der Waals surface area contributed by atoms with Crippen LogP contribution < -0.4 is 4.74 Å². The summed E-state index contributed by atoms with van der Waals surface area (Å²) in [7, 11) is 2.06. The number of piperazine rings is 1. The van der Waals surface area contributed by atoms with Crippen LogP contribution in [0.5, 0.6) is 5.75 Å². The molecule has 2 aliphatic carbocycles. The van der Waals surface area contributed by atoms with E-state index in [1.165, 1.54) is 24.0 Å². The Kier molecular flexibility index (Phi) is 11.3. The van der Waals surface area contributed by atoms with Crippen LogP contribution in [0.3, 0.4) is 0 Å². The van der Waals surface area contributed by atoms with Gasteiger partial charge >= 0.3 is 11.9 Å². The van der Waals surface area contributed by atoms with E-state index in [9.17, 15) is 14.4 Å². The Morgan fingerprint density at radius 3 is 2.58 bits per heavy atom. The molecular formula is C32H48N2O6. The molecule has 4 rings (SSSR count). The molecule has 4 atom stereocenters. The molecule has 1 aromatic rings. The number of amides is 1. The van der Waals surface area contributed by atoms with Gasteiger partial charge in [-0.2, -0.15) is 0 Å². The molecule has 0 radical (unpaired) electrons. The van der Waals surface area contributed by atoms with E-state index < -0.39 is 5.97 Å². The Bertz CT molecular complexity index is 1010. The number of carbonyl (C=O) groups excluding carboxylic acids is 2. The van der Waals surface area contributed by atoms with Crippen molar-refractivity contribution in [3.05, 3.63) is 29.3 Å². The second-order valence-corrected chi connectivity index (χ2v) is 12.1. The van der Waals surface area contributed by atoms with E-state index in [0.29, 0.717) is 17.8 Å². The van der Waals surface area contributed by atoms with Crippen molar-refractivity contribution in [1.82, 2.24) is 9.80 Å². The first-order chi connectivity index (χ1) is 19.3. The fraction of sp³-hybridized carbons (Fsp3) is 0.719. The summed E-state index contributed by atoms with van der Waals surface area (Å²) in [6, 6.07) is 6.02. The first-order valence-electron chi connectivity index (χ1n) is 15.4. The van der Waals surface area contributed by atoms with Gasteiger partial charge in [0.15, 0.2) is 6.61 Å². The van der Waals surface area contributed by atoms with Crippen LogP contribution in [0.2, 0.25) is 0 Å². The number of fused-ring (bicyclic) bond motifs is 2. The van der Waals surface area contributed by atoms with Gasteiger partial charge in [0.05, 0.1) is 6.42 Å². The third kappa shape index (κ3) is 8.45. The van der Waals surface area contributed by atoms with E-state index in [0.717, 1.165) is 83.3 Å². The fourth-order valence-corrected chi connectivity index (χ4v) is 6.96. The number of carboxylic acids is 1. The first-order valence-corrected chi connectivity index (χ1v) is 15.4. The van der Waals surface area contributed by atoms with Gasteiger partial charge in [0, 0.05) is 32.6 Å². The van der Waals surface area contributed by atoms with Crippen molar-refractivity contribution in [1.29, 1.82) is 0 Å². The highest BCUT2D eigenvalue weighted by atomic mass is 16.5. The normalized spacial score (nSPS) is 23.2. The number of aliphatic carboxylic acids is 1. The van der Waals surface area contributed by atoms with Crippen molar-refractivity contribution in [3.63, 3.8) is 0 Å². The molecule has 1 N–H and O–H groups in total. The lowest BCUT2D eigenvalue weighted by molar-refractivity contribution is -0.152. The molecular weight excluding hydrogens is 508 g/mol. The maximum Gasteiger partial charge on any atom is 0.341 e. The number of esters is 1. The zero-order valence-corrected chi connectivity index (χ0v) is 24.4. The van der Waals surface area contributed by atoms with Crippen LogP contribution in [0, 0.1) is 17.8 Å². The number of unbranched alkanes of at least 4 members (excludes halogenated alkanes) is 2. The van der Waals surface area contributed by atoms with Crippen LogP contribution in [0.4, 0.5) is 0 Å². The minimum atomic E-state index is -0.956. The molecule has 1 heterocycles. The lowest BCUT2D eigenvalue weighted by Gasteiger charge is -2.33. The minimum Gasteiger partial charge on any atom is -0.482 e. The van der Waals surface area contributed by atoms with Crippen LogP contribution in [-0.2, 0) is 32.0 Å². The molecule has 0 aromatic heterocycles. The largest absolute Gasteiger partial charge is 0.482 e. The maximum atomic E-state index is 12.8. The molecule has 1 amide bonds. The summed E-state index contributed by atoms with van der Waals surface area (Å²) in [5, 5.41) is 9.03. The van der Waals surface area contributed by atoms with Crippen LogP contribution >= 0.6 is 0 Å². The van der Waals surface area contributed by atoms with Crippen LogP contribution in [0.25, 0.3) is 0 Å². The predicted octanol–water partition coefficient (Wildman–Crippen LogP) is 4.72. The molecule has 8 heteroatoms. The summed E-state index contributed by atoms with van der Waals surface area (Å²) in [4.78, 5) is 40.4. The summed E-state index contributed by atoms with van der Waals surface area (Å²) in [6.45, 7) is 5.09. The van der Waals surface area contributed by atoms with Crippen molar-refractivity contribution < 1.29 is 29.0 Å². The number of hydrogen-bond acceptors (Lipinski definition) is 6. The van der Waals surface area contributed by atoms with Crippen LogP contribution in [0.15, 0.2) is 18.2 Å². The highest BCUT2D eigenvalue weighted by molar-refractivity contribution is 5.81. The minimum absolute atomic E-state index is 0.0543. The van der Waals surface area contributed by atoms with Gasteiger partial charge < -0.3 is 24.4 Å². The standard InChI is InChI=1S/C32H48N2O6/c1-3-4-5-8-26(40-32(38)15-14-30(35)34-18-16-33(2)17-19-34)13-12-23-10-11-25-21-28-24(20-27(23)25)7-6-9-29(28)39-22-31(36)37/h6-7,9,23,25-27H,3-5,8,10-22H2,1-2H3,(H,36,37)/t23-,25-,26+,27-/m1/s1. The summed E-state index contributed by atoms with van der Waals surface area (Å²) in [6.07, 6.45) is 10.8. The number of nitrogens with zero attached hydrogens (tertiary/aromatic N) is 2. The Morgan fingerprint density at radius 2 is 1.82 bits per heavy atom. The molecule has 0 bridgehead atoms. The Morgan fingerprint density at radius 1 is 1.02 bits per heavy atom. The molecule has 1 aromatic carbocycles. The zero-order chi connectivity index (χ0) is 28.5. The van der Waals surface area contributed by atoms with Crippen molar-refractivity contribution in [2.45, 2.75) is 90.1 Å². The Balaban J connectivity index is 1.28. The molecule has 8 nitrogen and oxygen atoms in total. The highest BCUT2D eigenvalue weighted by Gasteiger charge is 2.40. The highest BCUT2D eigenvalue weighted by Crippen LogP contribution is 2.48. The average Bonchev–Trinajstić information content (AvgIpc) is 3.34. The zero-order valence-electron chi connectivity index (χ0n) is 24.4. The van der Waals surface area contributed by atoms with Gasteiger partial charge in [-0.3, -0.25) is 9.59 Å². The molecule has 1 aliphatic heterocycles. The third-order valence-corrected chi connectivity index (χ3v) is 9.31. The molecule has 0 spiro atoms. The van der Waals surface area contributed by atoms with E-state index in [-0.39, 0.29) is 37.4 Å². The number of ether oxygens (including phenoxy) is 2. The number of benzene rings is 1. The topological polar surface area (TPSA) is 96.4 Å². The van der Waals surface area contributed by atoms with Gasteiger partial charge in [0.1, 0.15) is 11.9 Å². The van der Waals surface area contributed by atoms with E-state index >= 15 is 0 Å².